The molecule has 0 N–H and O–H groups in total. The van der Waals surface area contributed by atoms with Crippen molar-refractivity contribution >= 4 is 16.9 Å². The minimum absolute atomic E-state index is 0.0417. The summed E-state index contributed by atoms with van der Waals surface area (Å²) in [6, 6.07) is 11.2. The van der Waals surface area contributed by atoms with E-state index < -0.39 is 11.9 Å². The molecule has 1 amide bonds. The summed E-state index contributed by atoms with van der Waals surface area (Å²) in [5, 5.41) is 0.148. The Balaban J connectivity index is 1.68. The van der Waals surface area contributed by atoms with Crippen LogP contribution in [0.1, 0.15) is 65.9 Å². The van der Waals surface area contributed by atoms with Gasteiger partial charge in [0.1, 0.15) is 11.4 Å². The molecule has 2 atom stereocenters. The highest BCUT2D eigenvalue weighted by atomic mass is 19.1. The maximum absolute atomic E-state index is 13.9. The number of ether oxygens (including phenoxy) is 1. The Bertz CT molecular complexity index is 1210. The van der Waals surface area contributed by atoms with Crippen molar-refractivity contribution in [1.82, 2.24) is 4.90 Å². The lowest BCUT2D eigenvalue weighted by molar-refractivity contribution is 0.0486. The Kier molecular flexibility index (Phi) is 4.89. The first-order valence-electron chi connectivity index (χ1n) is 10.7. The summed E-state index contributed by atoms with van der Waals surface area (Å²) in [4.78, 5) is 28.5. The van der Waals surface area contributed by atoms with Gasteiger partial charge in [-0.1, -0.05) is 38.1 Å². The van der Waals surface area contributed by atoms with Gasteiger partial charge in [0.2, 0.25) is 5.76 Å². The number of carbonyl (C=O) groups excluding carboxylic acids is 1. The third-order valence-corrected chi connectivity index (χ3v) is 6.27. The fraction of sp³-hybridized carbons (Fsp3) is 0.360. The molecule has 2 aliphatic heterocycles. The summed E-state index contributed by atoms with van der Waals surface area (Å²) < 4.78 is 25.5. The average Bonchev–Trinajstić information content (AvgIpc) is 3.36. The second-order valence-electron chi connectivity index (χ2n) is 8.63. The first-order chi connectivity index (χ1) is 14.9. The predicted molar refractivity (Wildman–Crippen MR) is 115 cm³/mol. The lowest BCUT2D eigenvalue weighted by Crippen LogP contribution is -2.36. The Morgan fingerprint density at radius 3 is 2.58 bits per heavy atom. The summed E-state index contributed by atoms with van der Waals surface area (Å²) in [6.07, 6.45) is 1.75. The Morgan fingerprint density at radius 1 is 1.13 bits per heavy atom. The smallest absolute Gasteiger partial charge is 0.291 e. The molecule has 0 saturated carbocycles. The number of carbonyl (C=O) groups is 1. The second-order valence-corrected chi connectivity index (χ2v) is 8.63. The largest absolute Gasteiger partial charge is 0.450 e. The van der Waals surface area contributed by atoms with Gasteiger partial charge in [0.15, 0.2) is 5.43 Å². The van der Waals surface area contributed by atoms with Gasteiger partial charge in [-0.3, -0.25) is 9.59 Å². The van der Waals surface area contributed by atoms with Gasteiger partial charge in [-0.05, 0) is 48.1 Å². The van der Waals surface area contributed by atoms with Crippen LogP contribution in [0.3, 0.4) is 0 Å². The molecule has 0 radical (unpaired) electrons. The van der Waals surface area contributed by atoms with E-state index in [1.807, 2.05) is 24.3 Å². The zero-order chi connectivity index (χ0) is 21.7. The minimum Gasteiger partial charge on any atom is -0.450 e. The van der Waals surface area contributed by atoms with Crippen molar-refractivity contribution < 1.29 is 18.3 Å². The predicted octanol–water partition coefficient (Wildman–Crippen LogP) is 4.78. The molecular formula is C25H24FNO4. The van der Waals surface area contributed by atoms with Crippen molar-refractivity contribution in [2.75, 3.05) is 13.2 Å². The van der Waals surface area contributed by atoms with E-state index in [2.05, 4.69) is 13.8 Å². The fourth-order valence-electron chi connectivity index (χ4n) is 4.60. The van der Waals surface area contributed by atoms with Crippen LogP contribution >= 0.6 is 0 Å². The van der Waals surface area contributed by atoms with Gasteiger partial charge in [0.25, 0.3) is 5.91 Å². The molecule has 5 nitrogen and oxygen atoms in total. The molecule has 3 heterocycles. The minimum atomic E-state index is -0.586. The summed E-state index contributed by atoms with van der Waals surface area (Å²) in [5.74, 6) is -0.434. The Hall–Kier alpha value is -2.99. The van der Waals surface area contributed by atoms with Crippen molar-refractivity contribution in [3.8, 4) is 0 Å². The van der Waals surface area contributed by atoms with Gasteiger partial charge in [-0.2, -0.15) is 0 Å². The maximum atomic E-state index is 13.9. The highest BCUT2D eigenvalue weighted by Crippen LogP contribution is 2.39. The number of amides is 1. The highest BCUT2D eigenvalue weighted by Gasteiger charge is 2.43. The van der Waals surface area contributed by atoms with E-state index >= 15 is 0 Å². The van der Waals surface area contributed by atoms with Crippen molar-refractivity contribution in [2.24, 2.45) is 0 Å². The van der Waals surface area contributed by atoms with Gasteiger partial charge >= 0.3 is 0 Å². The summed E-state index contributed by atoms with van der Waals surface area (Å²) in [6.45, 7) is 5.28. The molecule has 160 valence electrons. The molecular weight excluding hydrogens is 397 g/mol. The van der Waals surface area contributed by atoms with Crippen LogP contribution in [0, 0.1) is 5.82 Å². The van der Waals surface area contributed by atoms with Crippen LogP contribution in [0.5, 0.6) is 0 Å². The molecule has 31 heavy (non-hydrogen) atoms. The second kappa shape index (κ2) is 7.61. The van der Waals surface area contributed by atoms with Gasteiger partial charge in [-0.25, -0.2) is 4.39 Å². The Morgan fingerprint density at radius 2 is 1.90 bits per heavy atom. The highest BCUT2D eigenvalue weighted by molar-refractivity contribution is 5.99. The zero-order valence-electron chi connectivity index (χ0n) is 17.6. The lowest BCUT2D eigenvalue weighted by atomic mass is 9.95. The molecule has 6 heteroatoms. The molecule has 0 bridgehead atoms. The number of hydrogen-bond acceptors (Lipinski definition) is 4. The van der Waals surface area contributed by atoms with E-state index in [1.54, 1.807) is 4.90 Å². The van der Waals surface area contributed by atoms with Crippen molar-refractivity contribution in [2.45, 2.75) is 44.8 Å². The van der Waals surface area contributed by atoms with Gasteiger partial charge in [-0.15, -0.1) is 0 Å². The molecule has 0 unspecified atom stereocenters. The standard InChI is InChI=1S/C25H24FNO4/c1-14(2)15-5-7-16(8-6-15)22-21-23(28)19-12-17(26)9-10-20(19)31-24(21)25(29)27(22)13-18-4-3-11-30-18/h5-10,12,14,18,22H,3-4,11,13H2,1-2H3/t18-,22+/m0/s1. The number of nitrogens with zero attached hydrogens (tertiary/aromatic N) is 1. The first kappa shape index (κ1) is 19.9. The quantitative estimate of drug-likeness (QED) is 0.608. The third kappa shape index (κ3) is 3.35. The first-order valence-corrected chi connectivity index (χ1v) is 10.7. The fourth-order valence-corrected chi connectivity index (χ4v) is 4.60. The van der Waals surface area contributed by atoms with Crippen molar-refractivity contribution in [3.63, 3.8) is 0 Å². The summed E-state index contributed by atoms with van der Waals surface area (Å²) in [7, 11) is 0. The van der Waals surface area contributed by atoms with E-state index in [1.165, 1.54) is 23.8 Å². The number of rotatable bonds is 4. The summed E-state index contributed by atoms with van der Waals surface area (Å²) >= 11 is 0. The van der Waals surface area contributed by atoms with Crippen LogP contribution in [0.4, 0.5) is 4.39 Å². The normalized spacial score (nSPS) is 20.8. The number of halogens is 1. The van der Waals surface area contributed by atoms with E-state index in [9.17, 15) is 14.0 Å². The molecule has 5 rings (SSSR count). The van der Waals surface area contributed by atoms with Crippen LogP contribution < -0.4 is 5.43 Å². The van der Waals surface area contributed by atoms with E-state index in [0.29, 0.717) is 19.1 Å². The monoisotopic (exact) mass is 421 g/mol. The van der Waals surface area contributed by atoms with E-state index in [-0.39, 0.29) is 39.7 Å². The number of fused-ring (bicyclic) bond motifs is 2. The Labute approximate surface area is 179 Å². The number of benzene rings is 2. The van der Waals surface area contributed by atoms with Crippen LogP contribution in [0.2, 0.25) is 0 Å². The molecule has 0 spiro atoms. The van der Waals surface area contributed by atoms with Gasteiger partial charge in [0.05, 0.1) is 23.1 Å². The molecule has 1 fully saturated rings. The van der Waals surface area contributed by atoms with Crippen LogP contribution in [-0.2, 0) is 4.74 Å². The molecule has 2 aromatic carbocycles. The van der Waals surface area contributed by atoms with Crippen LogP contribution in [0.15, 0.2) is 51.7 Å². The maximum Gasteiger partial charge on any atom is 0.291 e. The SMILES string of the molecule is CC(C)c1ccc([C@@H]2c3c(oc4ccc(F)cc4c3=O)C(=O)N2C[C@@H]2CCCO2)cc1. The van der Waals surface area contributed by atoms with Gasteiger partial charge < -0.3 is 14.1 Å². The molecule has 2 aliphatic rings. The molecule has 3 aromatic rings. The van der Waals surface area contributed by atoms with Crippen LogP contribution in [0.25, 0.3) is 11.0 Å². The topological polar surface area (TPSA) is 59.8 Å². The molecule has 0 aliphatic carbocycles. The molecule has 1 aromatic heterocycles. The zero-order valence-corrected chi connectivity index (χ0v) is 17.6. The van der Waals surface area contributed by atoms with Crippen molar-refractivity contribution in [1.29, 1.82) is 0 Å². The van der Waals surface area contributed by atoms with Crippen LogP contribution in [-0.4, -0.2) is 30.1 Å². The van der Waals surface area contributed by atoms with E-state index in [0.717, 1.165) is 18.4 Å². The lowest BCUT2D eigenvalue weighted by Gasteiger charge is -2.27. The summed E-state index contributed by atoms with van der Waals surface area (Å²) in [5.41, 5.74) is 2.13. The van der Waals surface area contributed by atoms with Crippen molar-refractivity contribution in [3.05, 3.63) is 81.0 Å². The third-order valence-electron chi connectivity index (χ3n) is 6.27. The molecule has 1 saturated heterocycles. The average molecular weight is 421 g/mol. The number of hydrogen-bond donors (Lipinski definition) is 0. The van der Waals surface area contributed by atoms with E-state index in [4.69, 9.17) is 9.15 Å². The van der Waals surface area contributed by atoms with Gasteiger partial charge in [0, 0.05) is 13.2 Å².